The largest absolute Gasteiger partial charge is 0.494 e. The molecule has 3 aromatic carbocycles. The highest BCUT2D eigenvalue weighted by atomic mass is 32.2. The second-order valence-electron chi connectivity index (χ2n) is 7.95. The van der Waals surface area contributed by atoms with Crippen LogP contribution in [0.4, 0.5) is 13.2 Å². The Bertz CT molecular complexity index is 1230. The molecule has 4 rings (SSSR count). The molecule has 1 unspecified atom stereocenters. The summed E-state index contributed by atoms with van der Waals surface area (Å²) in [5.74, 6) is 0.598. The van der Waals surface area contributed by atoms with Crippen molar-refractivity contribution < 1.29 is 26.3 Å². The Balaban J connectivity index is 1.63. The molecule has 0 saturated heterocycles. The summed E-state index contributed by atoms with van der Waals surface area (Å²) in [7, 11) is -3.77. The highest BCUT2D eigenvalue weighted by Gasteiger charge is 2.32. The van der Waals surface area contributed by atoms with Crippen LogP contribution < -0.4 is 10.1 Å². The van der Waals surface area contributed by atoms with Crippen LogP contribution in [0.3, 0.4) is 0 Å². The van der Waals surface area contributed by atoms with Gasteiger partial charge in [0.2, 0.25) is 10.0 Å². The summed E-state index contributed by atoms with van der Waals surface area (Å²) >= 11 is 0. The number of benzene rings is 3. The Labute approximate surface area is 197 Å². The fraction of sp³-hybridized carbons (Fsp3) is 0.280. The van der Waals surface area contributed by atoms with Crippen LogP contribution in [0.5, 0.6) is 5.75 Å². The van der Waals surface area contributed by atoms with Gasteiger partial charge in [0.05, 0.1) is 23.1 Å². The summed E-state index contributed by atoms with van der Waals surface area (Å²) in [5.41, 5.74) is 1.59. The van der Waals surface area contributed by atoms with Crippen molar-refractivity contribution in [3.05, 3.63) is 95.1 Å². The maximum Gasteiger partial charge on any atom is 0.416 e. The number of halogens is 3. The Kier molecular flexibility index (Phi) is 6.97. The molecule has 34 heavy (non-hydrogen) atoms. The number of nitrogens with zero attached hydrogens (tertiary/aromatic N) is 1. The number of rotatable bonds is 5. The van der Waals surface area contributed by atoms with Gasteiger partial charge in [-0.25, -0.2) is 8.42 Å². The fourth-order valence-electron chi connectivity index (χ4n) is 4.06. The first-order valence-corrected chi connectivity index (χ1v) is 12.4. The van der Waals surface area contributed by atoms with Crippen molar-refractivity contribution in [3.8, 4) is 5.75 Å². The Morgan fingerprint density at radius 3 is 2.32 bits per heavy atom. The zero-order chi connectivity index (χ0) is 24.3. The molecule has 1 atom stereocenters. The lowest BCUT2D eigenvalue weighted by Gasteiger charge is -2.31. The average molecular weight is 491 g/mol. The molecule has 1 aliphatic rings. The number of hydrogen-bond donors (Lipinski definition) is 1. The van der Waals surface area contributed by atoms with E-state index in [1.807, 2.05) is 31.2 Å². The maximum absolute atomic E-state index is 13.4. The van der Waals surface area contributed by atoms with Crippen molar-refractivity contribution in [2.75, 3.05) is 19.7 Å². The van der Waals surface area contributed by atoms with E-state index < -0.39 is 21.8 Å². The third kappa shape index (κ3) is 5.11. The molecular weight excluding hydrogens is 465 g/mol. The van der Waals surface area contributed by atoms with E-state index in [0.29, 0.717) is 24.5 Å². The number of hydrogen-bond acceptors (Lipinski definition) is 4. The Morgan fingerprint density at radius 2 is 1.68 bits per heavy atom. The van der Waals surface area contributed by atoms with E-state index in [-0.39, 0.29) is 24.0 Å². The molecule has 0 saturated carbocycles. The first kappa shape index (κ1) is 24.3. The van der Waals surface area contributed by atoms with Crippen LogP contribution in [0, 0.1) is 0 Å². The van der Waals surface area contributed by atoms with E-state index in [0.717, 1.165) is 23.3 Å². The highest BCUT2D eigenvalue weighted by molar-refractivity contribution is 7.89. The predicted octanol–water partition coefficient (Wildman–Crippen LogP) is 4.99. The maximum atomic E-state index is 13.4. The number of nitrogens with one attached hydrogen (secondary N) is 1. The summed E-state index contributed by atoms with van der Waals surface area (Å²) < 4.78 is 72.5. The first-order valence-electron chi connectivity index (χ1n) is 10.9. The molecule has 3 aromatic rings. The number of fused-ring (bicyclic) bond motifs is 1. The van der Waals surface area contributed by atoms with Gasteiger partial charge in [-0.05, 0) is 60.0 Å². The second kappa shape index (κ2) is 9.77. The van der Waals surface area contributed by atoms with Gasteiger partial charge in [0.15, 0.2) is 0 Å². The number of sulfonamides is 1. The van der Waals surface area contributed by atoms with E-state index in [2.05, 4.69) is 5.32 Å². The van der Waals surface area contributed by atoms with Crippen LogP contribution in [0.15, 0.2) is 77.7 Å². The van der Waals surface area contributed by atoms with Gasteiger partial charge in [-0.1, -0.05) is 36.4 Å². The lowest BCUT2D eigenvalue weighted by atomic mass is 9.93. The monoisotopic (exact) mass is 490 g/mol. The number of alkyl halides is 3. The SMILES string of the molecule is CCOc1ccc(S(=O)(=O)N2CCNC(c3ccc(C(F)(F)F)cc3)c3ccccc3C2)cc1. The molecule has 0 aromatic heterocycles. The quantitative estimate of drug-likeness (QED) is 0.548. The zero-order valence-corrected chi connectivity index (χ0v) is 19.4. The molecule has 0 spiro atoms. The predicted molar refractivity (Wildman–Crippen MR) is 123 cm³/mol. The summed E-state index contributed by atoms with van der Waals surface area (Å²) in [4.78, 5) is 0.174. The molecule has 9 heteroatoms. The standard InChI is InChI=1S/C25H25F3N2O3S/c1-2-33-21-11-13-22(14-12-21)34(31,32)30-16-15-29-24(23-6-4-3-5-19(23)17-30)18-7-9-20(10-8-18)25(26,27)28/h3-14,24,29H,2,15-17H2,1H3. The lowest BCUT2D eigenvalue weighted by molar-refractivity contribution is -0.137. The highest BCUT2D eigenvalue weighted by Crippen LogP contribution is 2.33. The Hall–Kier alpha value is -2.88. The van der Waals surface area contributed by atoms with E-state index in [4.69, 9.17) is 4.74 Å². The molecule has 180 valence electrons. The van der Waals surface area contributed by atoms with Gasteiger partial charge in [0, 0.05) is 19.6 Å². The molecule has 0 bridgehead atoms. The molecule has 5 nitrogen and oxygen atoms in total. The smallest absolute Gasteiger partial charge is 0.416 e. The van der Waals surface area contributed by atoms with Crippen molar-refractivity contribution in [3.63, 3.8) is 0 Å². The molecule has 1 heterocycles. The van der Waals surface area contributed by atoms with Crippen LogP contribution in [-0.4, -0.2) is 32.4 Å². The van der Waals surface area contributed by atoms with Crippen molar-refractivity contribution >= 4 is 10.0 Å². The minimum absolute atomic E-state index is 0.157. The molecule has 1 N–H and O–H groups in total. The van der Waals surface area contributed by atoms with Crippen molar-refractivity contribution in [2.24, 2.45) is 0 Å². The van der Waals surface area contributed by atoms with Crippen LogP contribution in [0.25, 0.3) is 0 Å². The van der Waals surface area contributed by atoms with Gasteiger partial charge in [0.25, 0.3) is 0 Å². The van der Waals surface area contributed by atoms with Crippen LogP contribution in [0.2, 0.25) is 0 Å². The normalized spacial score (nSPS) is 17.5. The first-order chi connectivity index (χ1) is 16.2. The van der Waals surface area contributed by atoms with Crippen LogP contribution >= 0.6 is 0 Å². The molecule has 0 fully saturated rings. The van der Waals surface area contributed by atoms with Crippen molar-refractivity contribution in [2.45, 2.75) is 30.6 Å². The van der Waals surface area contributed by atoms with Gasteiger partial charge in [-0.2, -0.15) is 17.5 Å². The van der Waals surface area contributed by atoms with Crippen LogP contribution in [-0.2, 0) is 22.7 Å². The van der Waals surface area contributed by atoms with Gasteiger partial charge >= 0.3 is 6.18 Å². The van der Waals surface area contributed by atoms with E-state index in [1.54, 1.807) is 12.1 Å². The van der Waals surface area contributed by atoms with Gasteiger partial charge in [-0.3, -0.25) is 0 Å². The minimum Gasteiger partial charge on any atom is -0.494 e. The second-order valence-corrected chi connectivity index (χ2v) is 9.89. The molecule has 0 aliphatic carbocycles. The van der Waals surface area contributed by atoms with E-state index in [1.165, 1.54) is 28.6 Å². The van der Waals surface area contributed by atoms with Crippen molar-refractivity contribution in [1.82, 2.24) is 9.62 Å². The van der Waals surface area contributed by atoms with Gasteiger partial charge in [0.1, 0.15) is 5.75 Å². The minimum atomic E-state index is -4.40. The topological polar surface area (TPSA) is 58.6 Å². The van der Waals surface area contributed by atoms with Crippen LogP contribution in [0.1, 0.15) is 35.2 Å². The van der Waals surface area contributed by atoms with Gasteiger partial charge < -0.3 is 10.1 Å². The molecule has 0 radical (unpaired) electrons. The zero-order valence-electron chi connectivity index (χ0n) is 18.5. The molecular formula is C25H25F3N2O3S. The fourth-order valence-corrected chi connectivity index (χ4v) is 5.48. The Morgan fingerprint density at radius 1 is 1.00 bits per heavy atom. The van der Waals surface area contributed by atoms with Crippen molar-refractivity contribution in [1.29, 1.82) is 0 Å². The van der Waals surface area contributed by atoms with E-state index >= 15 is 0 Å². The van der Waals surface area contributed by atoms with E-state index in [9.17, 15) is 21.6 Å². The number of ether oxygens (including phenoxy) is 1. The van der Waals surface area contributed by atoms with Gasteiger partial charge in [-0.15, -0.1) is 0 Å². The molecule has 1 aliphatic heterocycles. The summed E-state index contributed by atoms with van der Waals surface area (Å²) in [6, 6.07) is 18.4. The third-order valence-electron chi connectivity index (χ3n) is 5.77. The molecule has 0 amide bonds. The third-order valence-corrected chi connectivity index (χ3v) is 7.63. The average Bonchev–Trinajstić information content (AvgIpc) is 2.80. The summed E-state index contributed by atoms with van der Waals surface area (Å²) in [6.07, 6.45) is -4.40. The lowest BCUT2D eigenvalue weighted by Crippen LogP contribution is -2.40. The summed E-state index contributed by atoms with van der Waals surface area (Å²) in [5, 5.41) is 3.32. The summed E-state index contributed by atoms with van der Waals surface area (Å²) in [6.45, 7) is 3.04.